The molecule has 0 aliphatic heterocycles. The Morgan fingerprint density at radius 1 is 1.64 bits per heavy atom. The third-order valence-corrected chi connectivity index (χ3v) is 1.70. The van der Waals surface area contributed by atoms with Gasteiger partial charge in [0.25, 0.3) is 0 Å². The van der Waals surface area contributed by atoms with Crippen LogP contribution in [0.1, 0.15) is 5.56 Å². The second kappa shape index (κ2) is 5.40. The Labute approximate surface area is 87.8 Å². The fraction of sp³-hybridized carbons (Fsp3) is 0.200. The average Bonchev–Trinajstić information content (AvgIpc) is 2.16. The average molecular weight is 211 g/mol. The quantitative estimate of drug-likeness (QED) is 0.818. The molecular weight excluding hydrogens is 200 g/mol. The first-order valence-corrected chi connectivity index (χ1v) is 4.55. The van der Waals surface area contributed by atoms with Crippen LogP contribution in [-0.4, -0.2) is 17.4 Å². The Kier molecular flexibility index (Phi) is 4.13. The highest BCUT2D eigenvalue weighted by Gasteiger charge is 2.02. The summed E-state index contributed by atoms with van der Waals surface area (Å²) in [6.45, 7) is 3.78. The summed E-state index contributed by atoms with van der Waals surface area (Å²) in [5, 5.41) is 3.05. The highest BCUT2D eigenvalue weighted by atomic mass is 35.5. The van der Waals surface area contributed by atoms with Gasteiger partial charge in [-0.3, -0.25) is 9.78 Å². The van der Waals surface area contributed by atoms with Crippen LogP contribution in [0.15, 0.2) is 36.1 Å². The maximum Gasteiger partial charge on any atom is 0.224 e. The summed E-state index contributed by atoms with van der Waals surface area (Å²) in [6.07, 6.45) is 3.65. The highest BCUT2D eigenvalue weighted by Crippen LogP contribution is 1.97. The van der Waals surface area contributed by atoms with Crippen molar-refractivity contribution in [3.05, 3.63) is 41.7 Å². The summed E-state index contributed by atoms with van der Waals surface area (Å²) in [4.78, 5) is 15.2. The minimum atomic E-state index is -0.0835. The molecule has 0 spiro atoms. The lowest BCUT2D eigenvalue weighted by molar-refractivity contribution is -0.120. The van der Waals surface area contributed by atoms with E-state index in [4.69, 9.17) is 11.6 Å². The molecule has 0 radical (unpaired) electrons. The van der Waals surface area contributed by atoms with E-state index in [1.165, 1.54) is 0 Å². The molecule has 3 nitrogen and oxygen atoms in total. The zero-order valence-corrected chi connectivity index (χ0v) is 8.42. The van der Waals surface area contributed by atoms with E-state index >= 15 is 0 Å². The number of hydrogen-bond acceptors (Lipinski definition) is 2. The van der Waals surface area contributed by atoms with Crippen molar-refractivity contribution in [2.75, 3.05) is 6.54 Å². The Morgan fingerprint density at radius 3 is 3.00 bits per heavy atom. The number of hydrogen-bond donors (Lipinski definition) is 1. The lowest BCUT2D eigenvalue weighted by Gasteiger charge is -2.02. The highest BCUT2D eigenvalue weighted by molar-refractivity contribution is 6.29. The third-order valence-electron chi connectivity index (χ3n) is 1.56. The molecule has 0 saturated heterocycles. The van der Waals surface area contributed by atoms with Gasteiger partial charge in [-0.2, -0.15) is 0 Å². The van der Waals surface area contributed by atoms with Crippen LogP contribution in [0.25, 0.3) is 0 Å². The molecule has 1 aromatic heterocycles. The van der Waals surface area contributed by atoms with Gasteiger partial charge in [0.05, 0.1) is 13.0 Å². The SMILES string of the molecule is C=C(Cl)CNC(=O)Cc1cccnc1. The van der Waals surface area contributed by atoms with Crippen molar-refractivity contribution in [3.8, 4) is 0 Å². The predicted octanol–water partition coefficient (Wildman–Crippen LogP) is 1.49. The normalized spacial score (nSPS) is 9.50. The third kappa shape index (κ3) is 4.05. The molecule has 0 unspecified atom stereocenters. The molecule has 4 heteroatoms. The molecule has 14 heavy (non-hydrogen) atoms. The number of pyridine rings is 1. The van der Waals surface area contributed by atoms with Crippen LogP contribution in [-0.2, 0) is 11.2 Å². The molecule has 0 aromatic carbocycles. The van der Waals surface area contributed by atoms with E-state index in [0.29, 0.717) is 18.0 Å². The zero-order chi connectivity index (χ0) is 10.4. The van der Waals surface area contributed by atoms with Gasteiger partial charge < -0.3 is 5.32 Å². The standard InChI is InChI=1S/C10H11ClN2O/c1-8(11)6-13-10(14)5-9-3-2-4-12-7-9/h2-4,7H,1,5-6H2,(H,13,14). The van der Waals surface area contributed by atoms with Gasteiger partial charge in [-0.25, -0.2) is 0 Å². The van der Waals surface area contributed by atoms with Crippen LogP contribution in [0, 0.1) is 0 Å². The largest absolute Gasteiger partial charge is 0.351 e. The van der Waals surface area contributed by atoms with Gasteiger partial charge >= 0.3 is 0 Å². The molecule has 0 fully saturated rings. The molecule has 1 heterocycles. The van der Waals surface area contributed by atoms with Gasteiger partial charge in [-0.1, -0.05) is 24.2 Å². The molecule has 0 aliphatic carbocycles. The molecule has 1 rings (SSSR count). The monoisotopic (exact) mass is 210 g/mol. The van der Waals surface area contributed by atoms with Gasteiger partial charge in [0.2, 0.25) is 5.91 Å². The second-order valence-corrected chi connectivity index (χ2v) is 3.37. The number of halogens is 1. The summed E-state index contributed by atoms with van der Waals surface area (Å²) in [6, 6.07) is 3.64. The van der Waals surface area contributed by atoms with Crippen molar-refractivity contribution in [1.82, 2.24) is 10.3 Å². The molecule has 1 amide bonds. The number of nitrogens with one attached hydrogen (secondary N) is 1. The lowest BCUT2D eigenvalue weighted by atomic mass is 10.2. The molecule has 1 N–H and O–H groups in total. The van der Waals surface area contributed by atoms with Gasteiger partial charge in [-0.05, 0) is 11.6 Å². The summed E-state index contributed by atoms with van der Waals surface area (Å²) in [7, 11) is 0. The van der Waals surface area contributed by atoms with E-state index < -0.39 is 0 Å². The van der Waals surface area contributed by atoms with E-state index in [2.05, 4.69) is 16.9 Å². The van der Waals surface area contributed by atoms with Gasteiger partial charge in [-0.15, -0.1) is 0 Å². The van der Waals surface area contributed by atoms with E-state index in [0.717, 1.165) is 5.56 Å². The minimum absolute atomic E-state index is 0.0835. The van der Waals surface area contributed by atoms with Gasteiger partial charge in [0.15, 0.2) is 0 Å². The van der Waals surface area contributed by atoms with Crippen molar-refractivity contribution in [2.24, 2.45) is 0 Å². The zero-order valence-electron chi connectivity index (χ0n) is 7.66. The summed E-state index contributed by atoms with van der Waals surface area (Å²) in [5.74, 6) is -0.0835. The van der Waals surface area contributed by atoms with E-state index in [1.807, 2.05) is 6.07 Å². The van der Waals surface area contributed by atoms with Crippen LogP contribution in [0.3, 0.4) is 0 Å². The predicted molar refractivity (Wildman–Crippen MR) is 55.9 cm³/mol. The molecule has 1 aromatic rings. The molecule has 0 saturated carbocycles. The topological polar surface area (TPSA) is 42.0 Å². The first-order chi connectivity index (χ1) is 6.68. The second-order valence-electron chi connectivity index (χ2n) is 2.83. The number of aromatic nitrogens is 1. The molecule has 74 valence electrons. The Balaban J connectivity index is 2.38. The van der Waals surface area contributed by atoms with Crippen LogP contribution in [0.5, 0.6) is 0 Å². The van der Waals surface area contributed by atoms with E-state index in [9.17, 15) is 4.79 Å². The number of carbonyl (C=O) groups excluding carboxylic acids is 1. The van der Waals surface area contributed by atoms with Crippen molar-refractivity contribution < 1.29 is 4.79 Å². The van der Waals surface area contributed by atoms with Gasteiger partial charge in [0.1, 0.15) is 0 Å². The minimum Gasteiger partial charge on any atom is -0.351 e. The van der Waals surface area contributed by atoms with Crippen molar-refractivity contribution >= 4 is 17.5 Å². The fourth-order valence-electron chi connectivity index (χ4n) is 0.945. The van der Waals surface area contributed by atoms with Crippen molar-refractivity contribution in [2.45, 2.75) is 6.42 Å². The van der Waals surface area contributed by atoms with Crippen LogP contribution >= 0.6 is 11.6 Å². The summed E-state index contributed by atoms with van der Waals surface area (Å²) in [5.41, 5.74) is 0.880. The number of nitrogens with zero attached hydrogens (tertiary/aromatic N) is 1. The molecule has 0 bridgehead atoms. The maximum atomic E-state index is 11.3. The number of carbonyl (C=O) groups is 1. The van der Waals surface area contributed by atoms with Crippen LogP contribution in [0.4, 0.5) is 0 Å². The van der Waals surface area contributed by atoms with Crippen LogP contribution < -0.4 is 5.32 Å². The molecule has 0 aliphatic rings. The first kappa shape index (κ1) is 10.7. The van der Waals surface area contributed by atoms with Gasteiger partial charge in [0, 0.05) is 17.4 Å². The summed E-state index contributed by atoms with van der Waals surface area (Å²) < 4.78 is 0. The Morgan fingerprint density at radius 2 is 2.43 bits per heavy atom. The molecular formula is C10H11ClN2O. The van der Waals surface area contributed by atoms with E-state index in [-0.39, 0.29) is 5.91 Å². The smallest absolute Gasteiger partial charge is 0.224 e. The number of rotatable bonds is 4. The first-order valence-electron chi connectivity index (χ1n) is 4.17. The Bertz CT molecular complexity index is 324. The lowest BCUT2D eigenvalue weighted by Crippen LogP contribution is -2.26. The van der Waals surface area contributed by atoms with Crippen LogP contribution in [0.2, 0.25) is 0 Å². The van der Waals surface area contributed by atoms with Crippen molar-refractivity contribution in [1.29, 1.82) is 0 Å². The molecule has 0 atom stereocenters. The number of amides is 1. The fourth-order valence-corrected chi connectivity index (χ4v) is 1.01. The van der Waals surface area contributed by atoms with Crippen molar-refractivity contribution in [3.63, 3.8) is 0 Å². The van der Waals surface area contributed by atoms with E-state index in [1.54, 1.807) is 18.5 Å². The Hall–Kier alpha value is -1.35. The maximum absolute atomic E-state index is 11.3. The summed E-state index contributed by atoms with van der Waals surface area (Å²) >= 11 is 5.50.